The van der Waals surface area contributed by atoms with Crippen LogP contribution in [0.5, 0.6) is 0 Å². The second kappa shape index (κ2) is 5.22. The average Bonchev–Trinajstić information content (AvgIpc) is 2.22. The zero-order valence-corrected chi connectivity index (χ0v) is 10.6. The predicted molar refractivity (Wildman–Crippen MR) is 70.9 cm³/mol. The van der Waals surface area contributed by atoms with Gasteiger partial charge in [-0.15, -0.1) is 0 Å². The molecule has 1 aliphatic carbocycles. The molecule has 86 valence electrons. The highest BCUT2D eigenvalue weighted by atomic mass is 35.5. The molecule has 1 atom stereocenters. The number of rotatable bonds is 1. The normalized spacial score (nSPS) is 23.7. The minimum atomic E-state index is 0.311. The van der Waals surface area contributed by atoms with E-state index in [9.17, 15) is 0 Å². The van der Waals surface area contributed by atoms with E-state index in [0.717, 1.165) is 24.8 Å². The first-order valence-electron chi connectivity index (χ1n) is 5.55. The molecule has 1 aromatic carbocycles. The minimum Gasteiger partial charge on any atom is -0.327 e. The summed E-state index contributed by atoms with van der Waals surface area (Å²) in [5.74, 6) is 0. The molecule has 0 heterocycles. The third kappa shape index (κ3) is 3.00. The van der Waals surface area contributed by atoms with E-state index >= 15 is 0 Å². The Labute approximate surface area is 106 Å². The van der Waals surface area contributed by atoms with Crippen LogP contribution in [0, 0.1) is 0 Å². The van der Waals surface area contributed by atoms with Gasteiger partial charge in [-0.1, -0.05) is 40.9 Å². The molecule has 0 aromatic heterocycles. The lowest BCUT2D eigenvalue weighted by Crippen LogP contribution is -2.23. The van der Waals surface area contributed by atoms with E-state index in [1.54, 1.807) is 6.07 Å². The number of hydrogen-bond donors (Lipinski definition) is 1. The maximum atomic E-state index is 6.12. The summed E-state index contributed by atoms with van der Waals surface area (Å²) >= 11 is 12.0. The van der Waals surface area contributed by atoms with Crippen molar-refractivity contribution in [3.8, 4) is 0 Å². The van der Waals surface area contributed by atoms with Crippen molar-refractivity contribution >= 4 is 29.3 Å². The monoisotopic (exact) mass is 255 g/mol. The van der Waals surface area contributed by atoms with Gasteiger partial charge in [0.15, 0.2) is 0 Å². The summed E-state index contributed by atoms with van der Waals surface area (Å²) in [4.78, 5) is 0. The smallest absolute Gasteiger partial charge is 0.0493 e. The predicted octanol–water partition coefficient (Wildman–Crippen LogP) is 4.28. The first-order valence-corrected chi connectivity index (χ1v) is 6.31. The van der Waals surface area contributed by atoms with Crippen LogP contribution in [0.3, 0.4) is 0 Å². The summed E-state index contributed by atoms with van der Waals surface area (Å²) in [7, 11) is 0. The molecule has 0 aliphatic heterocycles. The third-order valence-electron chi connectivity index (χ3n) is 2.92. The number of nitrogens with two attached hydrogens (primary N) is 1. The van der Waals surface area contributed by atoms with Crippen LogP contribution in [-0.2, 0) is 0 Å². The van der Waals surface area contributed by atoms with Crippen LogP contribution >= 0.6 is 23.2 Å². The topological polar surface area (TPSA) is 26.0 Å². The van der Waals surface area contributed by atoms with E-state index in [1.165, 1.54) is 12.0 Å². The molecular weight excluding hydrogens is 241 g/mol. The van der Waals surface area contributed by atoms with Crippen LogP contribution in [0.2, 0.25) is 10.0 Å². The molecule has 1 saturated carbocycles. The van der Waals surface area contributed by atoms with E-state index in [1.807, 2.05) is 12.1 Å². The molecule has 1 aliphatic rings. The lowest BCUT2D eigenvalue weighted by Gasteiger charge is -2.20. The summed E-state index contributed by atoms with van der Waals surface area (Å²) < 4.78 is 0. The molecule has 1 aromatic rings. The van der Waals surface area contributed by atoms with Crippen molar-refractivity contribution in [1.29, 1.82) is 0 Å². The van der Waals surface area contributed by atoms with Gasteiger partial charge in [0, 0.05) is 16.1 Å². The molecule has 1 fully saturated rings. The Morgan fingerprint density at radius 1 is 1.31 bits per heavy atom. The maximum absolute atomic E-state index is 6.12. The van der Waals surface area contributed by atoms with Gasteiger partial charge in [0.2, 0.25) is 0 Å². The minimum absolute atomic E-state index is 0.311. The van der Waals surface area contributed by atoms with Gasteiger partial charge in [-0.05, 0) is 43.4 Å². The van der Waals surface area contributed by atoms with Crippen molar-refractivity contribution in [3.63, 3.8) is 0 Å². The molecule has 0 amide bonds. The molecule has 1 unspecified atom stereocenters. The molecule has 1 nitrogen and oxygen atoms in total. The fourth-order valence-corrected chi connectivity index (χ4v) is 2.56. The van der Waals surface area contributed by atoms with E-state index in [0.29, 0.717) is 16.1 Å². The quantitative estimate of drug-likeness (QED) is 0.797. The van der Waals surface area contributed by atoms with E-state index in [-0.39, 0.29) is 0 Å². The Kier molecular flexibility index (Phi) is 3.91. The first-order chi connectivity index (χ1) is 7.65. The highest BCUT2D eigenvalue weighted by Gasteiger charge is 2.13. The van der Waals surface area contributed by atoms with E-state index < -0.39 is 0 Å². The summed E-state index contributed by atoms with van der Waals surface area (Å²) in [5, 5.41) is 1.38. The standard InChI is InChI=1S/C13H15Cl2N/c14-11-5-4-10(13(15)8-11)6-9-2-1-3-12(16)7-9/h4-6,8,12H,1-3,7,16H2. The van der Waals surface area contributed by atoms with Gasteiger partial charge in [0.25, 0.3) is 0 Å². The molecule has 0 saturated heterocycles. The Morgan fingerprint density at radius 2 is 2.12 bits per heavy atom. The van der Waals surface area contributed by atoms with Crippen molar-refractivity contribution in [2.75, 3.05) is 0 Å². The van der Waals surface area contributed by atoms with Gasteiger partial charge in [-0.25, -0.2) is 0 Å². The molecule has 3 heteroatoms. The van der Waals surface area contributed by atoms with Gasteiger partial charge in [0.1, 0.15) is 0 Å². The number of hydrogen-bond acceptors (Lipinski definition) is 1. The second-order valence-electron chi connectivity index (χ2n) is 4.32. The Morgan fingerprint density at radius 3 is 2.81 bits per heavy atom. The molecule has 0 bridgehead atoms. The average molecular weight is 256 g/mol. The molecule has 0 spiro atoms. The van der Waals surface area contributed by atoms with Crippen molar-refractivity contribution in [3.05, 3.63) is 39.4 Å². The molecule has 0 radical (unpaired) electrons. The van der Waals surface area contributed by atoms with Gasteiger partial charge < -0.3 is 5.73 Å². The second-order valence-corrected chi connectivity index (χ2v) is 5.17. The van der Waals surface area contributed by atoms with Gasteiger partial charge >= 0.3 is 0 Å². The number of benzene rings is 1. The lowest BCUT2D eigenvalue weighted by molar-refractivity contribution is 0.520. The van der Waals surface area contributed by atoms with Crippen molar-refractivity contribution in [1.82, 2.24) is 0 Å². The molecular formula is C13H15Cl2N. The highest BCUT2D eigenvalue weighted by Crippen LogP contribution is 2.28. The van der Waals surface area contributed by atoms with Crippen LogP contribution in [0.25, 0.3) is 6.08 Å². The summed E-state index contributed by atoms with van der Waals surface area (Å²) in [6, 6.07) is 5.91. The SMILES string of the molecule is NC1CCCC(=Cc2ccc(Cl)cc2Cl)C1. The van der Waals surface area contributed by atoms with Gasteiger partial charge in [-0.3, -0.25) is 0 Å². The zero-order chi connectivity index (χ0) is 11.5. The molecule has 16 heavy (non-hydrogen) atoms. The van der Waals surface area contributed by atoms with E-state index in [4.69, 9.17) is 28.9 Å². The first kappa shape index (κ1) is 12.0. The van der Waals surface area contributed by atoms with Crippen LogP contribution in [0.15, 0.2) is 23.8 Å². The lowest BCUT2D eigenvalue weighted by atomic mass is 9.90. The van der Waals surface area contributed by atoms with Crippen molar-refractivity contribution in [2.45, 2.75) is 31.7 Å². The Balaban J connectivity index is 2.21. The fourth-order valence-electron chi connectivity index (χ4n) is 2.10. The Bertz CT molecular complexity index is 412. The van der Waals surface area contributed by atoms with Crippen molar-refractivity contribution < 1.29 is 0 Å². The summed E-state index contributed by atoms with van der Waals surface area (Å²) in [6.07, 6.45) is 6.58. The van der Waals surface area contributed by atoms with Crippen LogP contribution in [0.4, 0.5) is 0 Å². The van der Waals surface area contributed by atoms with Gasteiger partial charge in [-0.2, -0.15) is 0 Å². The zero-order valence-electron chi connectivity index (χ0n) is 9.05. The highest BCUT2D eigenvalue weighted by molar-refractivity contribution is 6.35. The summed E-state index contributed by atoms with van der Waals surface area (Å²) in [5.41, 5.74) is 8.37. The third-order valence-corrected chi connectivity index (χ3v) is 3.48. The Hall–Kier alpha value is -0.500. The van der Waals surface area contributed by atoms with Crippen LogP contribution in [-0.4, -0.2) is 6.04 Å². The van der Waals surface area contributed by atoms with E-state index in [2.05, 4.69) is 6.08 Å². The molecule has 2 N–H and O–H groups in total. The van der Waals surface area contributed by atoms with Gasteiger partial charge in [0.05, 0.1) is 0 Å². The summed E-state index contributed by atoms with van der Waals surface area (Å²) in [6.45, 7) is 0. The molecule has 2 rings (SSSR count). The maximum Gasteiger partial charge on any atom is 0.0493 e. The fraction of sp³-hybridized carbons (Fsp3) is 0.385. The van der Waals surface area contributed by atoms with Crippen LogP contribution < -0.4 is 5.73 Å². The number of halogens is 2. The van der Waals surface area contributed by atoms with Crippen molar-refractivity contribution in [2.24, 2.45) is 5.73 Å². The van der Waals surface area contributed by atoms with Crippen LogP contribution in [0.1, 0.15) is 31.2 Å². The largest absolute Gasteiger partial charge is 0.327 e.